The Labute approximate surface area is 146 Å². The highest BCUT2D eigenvalue weighted by Crippen LogP contribution is 2.31. The average Bonchev–Trinajstić information content (AvgIpc) is 3.09. The van der Waals surface area contributed by atoms with Crippen LogP contribution in [0.2, 0.25) is 0 Å². The summed E-state index contributed by atoms with van der Waals surface area (Å²) < 4.78 is 34.1. The molecule has 0 aliphatic rings. The lowest BCUT2D eigenvalue weighted by Crippen LogP contribution is -2.41. The molecule has 1 aromatic carbocycles. The Bertz CT molecular complexity index is 738. The van der Waals surface area contributed by atoms with E-state index in [1.165, 1.54) is 43.6 Å². The third kappa shape index (κ3) is 5.15. The van der Waals surface area contributed by atoms with Crippen LogP contribution in [-0.2, 0) is 4.79 Å². The maximum absolute atomic E-state index is 12.4. The van der Waals surface area contributed by atoms with Crippen molar-refractivity contribution in [1.82, 2.24) is 5.32 Å². The van der Waals surface area contributed by atoms with Gasteiger partial charge in [0.05, 0.1) is 12.0 Å². The Morgan fingerprint density at radius 3 is 2.56 bits per heavy atom. The highest BCUT2D eigenvalue weighted by molar-refractivity contribution is 7.12. The number of carbonyl (C=O) groups excluding carboxylic acids is 2. The van der Waals surface area contributed by atoms with Crippen molar-refractivity contribution in [1.29, 1.82) is 0 Å². The Kier molecular flexibility index (Phi) is 6.29. The monoisotopic (exact) mass is 370 g/mol. The predicted molar refractivity (Wildman–Crippen MR) is 89.5 cm³/mol. The molecule has 1 atom stereocenters. The maximum atomic E-state index is 12.4. The van der Waals surface area contributed by atoms with Crippen molar-refractivity contribution in [2.75, 3.05) is 12.4 Å². The van der Waals surface area contributed by atoms with E-state index < -0.39 is 18.6 Å². The fourth-order valence-electron chi connectivity index (χ4n) is 1.93. The number of benzene rings is 1. The molecule has 2 rings (SSSR count). The normalized spacial score (nSPS) is 11.7. The molecule has 0 saturated heterocycles. The Balaban J connectivity index is 2.02. The summed E-state index contributed by atoms with van der Waals surface area (Å²) in [5.41, 5.74) is 0.235. The van der Waals surface area contributed by atoms with Gasteiger partial charge in [-0.2, -0.15) is 8.78 Å². The number of hydrogen-bond acceptors (Lipinski definition) is 5. The summed E-state index contributed by atoms with van der Waals surface area (Å²) in [5.74, 6) is -0.963. The molecule has 0 aliphatic carbocycles. The molecule has 2 N–H and O–H groups in total. The van der Waals surface area contributed by atoms with Gasteiger partial charge in [0.15, 0.2) is 11.5 Å². The maximum Gasteiger partial charge on any atom is 0.387 e. The van der Waals surface area contributed by atoms with Crippen LogP contribution in [0.1, 0.15) is 16.6 Å². The average molecular weight is 370 g/mol. The minimum absolute atomic E-state index is 0.109. The second-order valence-electron chi connectivity index (χ2n) is 4.91. The van der Waals surface area contributed by atoms with Gasteiger partial charge in [0.2, 0.25) is 5.91 Å². The van der Waals surface area contributed by atoms with E-state index in [0.717, 1.165) is 0 Å². The second-order valence-corrected chi connectivity index (χ2v) is 5.85. The molecule has 0 spiro atoms. The van der Waals surface area contributed by atoms with E-state index in [2.05, 4.69) is 15.4 Å². The molecule has 0 fully saturated rings. The van der Waals surface area contributed by atoms with Crippen molar-refractivity contribution in [3.05, 3.63) is 40.6 Å². The third-order valence-corrected chi connectivity index (χ3v) is 4.00. The molecule has 25 heavy (non-hydrogen) atoms. The van der Waals surface area contributed by atoms with Gasteiger partial charge in [-0.1, -0.05) is 6.07 Å². The molecule has 0 radical (unpaired) electrons. The van der Waals surface area contributed by atoms with E-state index in [0.29, 0.717) is 4.88 Å². The zero-order valence-electron chi connectivity index (χ0n) is 13.4. The number of ether oxygens (including phenoxy) is 2. The summed E-state index contributed by atoms with van der Waals surface area (Å²) in [6.45, 7) is -1.51. The highest BCUT2D eigenvalue weighted by Gasteiger charge is 2.18. The first-order valence-electron chi connectivity index (χ1n) is 7.18. The molecular formula is C16H16F2N2O4S. The number of alkyl halides is 2. The molecule has 0 saturated carbocycles. The van der Waals surface area contributed by atoms with E-state index in [1.54, 1.807) is 17.5 Å². The van der Waals surface area contributed by atoms with E-state index in [-0.39, 0.29) is 23.1 Å². The van der Waals surface area contributed by atoms with Crippen LogP contribution in [0.15, 0.2) is 35.7 Å². The molecule has 0 bridgehead atoms. The number of anilines is 1. The first kappa shape index (κ1) is 18.7. The Morgan fingerprint density at radius 2 is 1.96 bits per heavy atom. The van der Waals surface area contributed by atoms with Crippen LogP contribution in [0.25, 0.3) is 0 Å². The number of halogens is 2. The van der Waals surface area contributed by atoms with Crippen LogP contribution in [0.5, 0.6) is 11.5 Å². The minimum atomic E-state index is -3.02. The Morgan fingerprint density at radius 1 is 1.20 bits per heavy atom. The molecule has 1 unspecified atom stereocenters. The van der Waals surface area contributed by atoms with E-state index in [9.17, 15) is 18.4 Å². The molecule has 9 heteroatoms. The van der Waals surface area contributed by atoms with Crippen molar-refractivity contribution >= 4 is 28.8 Å². The zero-order chi connectivity index (χ0) is 18.4. The number of rotatable bonds is 7. The number of hydrogen-bond donors (Lipinski definition) is 2. The van der Waals surface area contributed by atoms with Crippen molar-refractivity contribution in [3.8, 4) is 11.5 Å². The zero-order valence-corrected chi connectivity index (χ0v) is 14.2. The number of amides is 2. The first-order chi connectivity index (χ1) is 11.9. The summed E-state index contributed by atoms with van der Waals surface area (Å²) >= 11 is 1.26. The predicted octanol–water partition coefficient (Wildman–Crippen LogP) is 3.12. The van der Waals surface area contributed by atoms with Gasteiger partial charge >= 0.3 is 6.61 Å². The molecule has 1 aromatic heterocycles. The van der Waals surface area contributed by atoms with Gasteiger partial charge in [-0.15, -0.1) is 11.3 Å². The smallest absolute Gasteiger partial charge is 0.387 e. The Hall–Kier alpha value is -2.68. The van der Waals surface area contributed by atoms with Gasteiger partial charge in [0.25, 0.3) is 5.91 Å². The molecule has 134 valence electrons. The van der Waals surface area contributed by atoms with Gasteiger partial charge in [-0.25, -0.2) is 0 Å². The summed E-state index contributed by atoms with van der Waals surface area (Å²) in [5, 5.41) is 6.83. The minimum Gasteiger partial charge on any atom is -0.493 e. The molecule has 0 aliphatic heterocycles. The largest absolute Gasteiger partial charge is 0.493 e. The van der Waals surface area contributed by atoms with Gasteiger partial charge < -0.3 is 20.1 Å². The van der Waals surface area contributed by atoms with E-state index in [1.807, 2.05) is 0 Å². The lowest BCUT2D eigenvalue weighted by molar-refractivity contribution is -0.117. The van der Waals surface area contributed by atoms with Gasteiger partial charge in [0.1, 0.15) is 6.04 Å². The van der Waals surface area contributed by atoms with Crippen molar-refractivity contribution in [2.24, 2.45) is 0 Å². The molecule has 1 heterocycles. The quantitative estimate of drug-likeness (QED) is 0.785. The van der Waals surface area contributed by atoms with Crippen LogP contribution in [0, 0.1) is 0 Å². The highest BCUT2D eigenvalue weighted by atomic mass is 32.1. The standard InChI is InChI=1S/C16H16F2N2O4S/c1-9(19-15(22)13-4-3-7-25-13)14(21)20-10-5-6-11(23-2)12(8-10)24-16(17)18/h3-9,16H,1-2H3,(H,19,22)(H,20,21). The first-order valence-corrected chi connectivity index (χ1v) is 8.06. The number of nitrogens with one attached hydrogen (secondary N) is 2. The van der Waals surface area contributed by atoms with Crippen molar-refractivity contribution in [2.45, 2.75) is 19.6 Å². The summed E-state index contributed by atoms with van der Waals surface area (Å²) in [4.78, 5) is 24.6. The van der Waals surface area contributed by atoms with Gasteiger partial charge in [-0.3, -0.25) is 9.59 Å². The number of carbonyl (C=O) groups is 2. The van der Waals surface area contributed by atoms with Crippen LogP contribution in [0.3, 0.4) is 0 Å². The number of methoxy groups -OCH3 is 1. The van der Waals surface area contributed by atoms with E-state index in [4.69, 9.17) is 4.74 Å². The van der Waals surface area contributed by atoms with Gasteiger partial charge in [-0.05, 0) is 30.5 Å². The second kappa shape index (κ2) is 8.43. The fraction of sp³-hybridized carbons (Fsp3) is 0.250. The van der Waals surface area contributed by atoms with Crippen molar-refractivity contribution in [3.63, 3.8) is 0 Å². The van der Waals surface area contributed by atoms with Crippen molar-refractivity contribution < 1.29 is 27.8 Å². The van der Waals surface area contributed by atoms with Crippen LogP contribution in [-0.4, -0.2) is 31.6 Å². The van der Waals surface area contributed by atoms with Crippen LogP contribution < -0.4 is 20.1 Å². The SMILES string of the molecule is COc1ccc(NC(=O)C(C)NC(=O)c2cccs2)cc1OC(F)F. The van der Waals surface area contributed by atoms with Gasteiger partial charge in [0, 0.05) is 11.8 Å². The lowest BCUT2D eigenvalue weighted by Gasteiger charge is -2.15. The summed E-state index contributed by atoms with van der Waals surface area (Å²) in [6.07, 6.45) is 0. The van der Waals surface area contributed by atoms with E-state index >= 15 is 0 Å². The molecule has 2 aromatic rings. The number of thiophene rings is 1. The third-order valence-electron chi connectivity index (χ3n) is 3.13. The summed E-state index contributed by atoms with van der Waals surface area (Å²) in [7, 11) is 1.31. The fourth-order valence-corrected chi connectivity index (χ4v) is 2.56. The molecule has 6 nitrogen and oxygen atoms in total. The summed E-state index contributed by atoms with van der Waals surface area (Å²) in [6, 6.07) is 6.63. The topological polar surface area (TPSA) is 76.7 Å². The molecule has 2 amide bonds. The lowest BCUT2D eigenvalue weighted by atomic mass is 10.2. The van der Waals surface area contributed by atoms with Crippen LogP contribution in [0.4, 0.5) is 14.5 Å². The molecular weight excluding hydrogens is 354 g/mol. The van der Waals surface area contributed by atoms with Crippen LogP contribution >= 0.6 is 11.3 Å².